The molecule has 0 radical (unpaired) electrons. The van der Waals surface area contributed by atoms with Gasteiger partial charge in [-0.3, -0.25) is 4.90 Å². The molecule has 24 heavy (non-hydrogen) atoms. The summed E-state index contributed by atoms with van der Waals surface area (Å²) in [5.74, 6) is 1.49. The molecule has 4 heteroatoms. The number of fused-ring (bicyclic) bond motifs is 1. The number of benzene rings is 2. The van der Waals surface area contributed by atoms with Crippen molar-refractivity contribution in [3.05, 3.63) is 59.1 Å². The van der Waals surface area contributed by atoms with Crippen molar-refractivity contribution in [2.24, 2.45) is 0 Å². The summed E-state index contributed by atoms with van der Waals surface area (Å²) in [6.07, 6.45) is 2.49. The number of para-hydroxylation sites is 1. The molecule has 1 fully saturated rings. The summed E-state index contributed by atoms with van der Waals surface area (Å²) in [5.41, 5.74) is 2.46. The summed E-state index contributed by atoms with van der Waals surface area (Å²) >= 11 is 1.86. The number of methoxy groups -OCH3 is 1. The van der Waals surface area contributed by atoms with Crippen LogP contribution in [-0.2, 0) is 6.54 Å². The Labute approximate surface area is 146 Å². The molecular formula is C20H22N2OS. The molecule has 0 saturated carbocycles. The van der Waals surface area contributed by atoms with Crippen molar-refractivity contribution >= 4 is 21.6 Å². The fourth-order valence-corrected chi connectivity index (χ4v) is 4.59. The first-order valence-corrected chi connectivity index (χ1v) is 9.34. The molecule has 3 nitrogen and oxygen atoms in total. The van der Waals surface area contributed by atoms with Gasteiger partial charge in [-0.2, -0.15) is 0 Å². The minimum Gasteiger partial charge on any atom is -0.497 e. The third kappa shape index (κ3) is 3.30. The van der Waals surface area contributed by atoms with Crippen LogP contribution in [0.15, 0.2) is 48.5 Å². The average Bonchev–Trinajstić information content (AvgIpc) is 3.06. The Kier molecular flexibility index (Phi) is 4.50. The van der Waals surface area contributed by atoms with Crippen LogP contribution in [0.5, 0.6) is 5.75 Å². The minimum absolute atomic E-state index is 0.557. The Morgan fingerprint density at radius 1 is 1.21 bits per heavy atom. The van der Waals surface area contributed by atoms with E-state index in [-0.39, 0.29) is 0 Å². The number of aromatic nitrogens is 1. The normalized spacial score (nSPS) is 18.8. The maximum Gasteiger partial charge on any atom is 0.119 e. The zero-order valence-electron chi connectivity index (χ0n) is 13.9. The number of nitrogens with zero attached hydrogens (tertiary/aromatic N) is 2. The highest BCUT2D eigenvalue weighted by molar-refractivity contribution is 7.18. The summed E-state index contributed by atoms with van der Waals surface area (Å²) in [5, 5.41) is 1.30. The molecule has 1 saturated heterocycles. The summed E-state index contributed by atoms with van der Waals surface area (Å²) in [6.45, 7) is 3.24. The van der Waals surface area contributed by atoms with Gasteiger partial charge in [0.05, 0.1) is 22.3 Å². The first kappa shape index (κ1) is 15.6. The van der Waals surface area contributed by atoms with Gasteiger partial charge in [0.15, 0.2) is 0 Å². The Bertz CT molecular complexity index is 796. The first-order chi connectivity index (χ1) is 11.8. The van der Waals surface area contributed by atoms with Crippen LogP contribution in [0.25, 0.3) is 10.2 Å². The quantitative estimate of drug-likeness (QED) is 0.690. The van der Waals surface area contributed by atoms with Gasteiger partial charge in [-0.1, -0.05) is 24.3 Å². The highest BCUT2D eigenvalue weighted by Gasteiger charge is 2.24. The van der Waals surface area contributed by atoms with Gasteiger partial charge in [0.25, 0.3) is 0 Å². The van der Waals surface area contributed by atoms with Crippen molar-refractivity contribution in [1.82, 2.24) is 9.88 Å². The van der Waals surface area contributed by atoms with E-state index in [0.717, 1.165) is 24.4 Å². The lowest BCUT2D eigenvalue weighted by molar-refractivity contribution is 0.200. The van der Waals surface area contributed by atoms with Crippen LogP contribution in [0, 0.1) is 0 Å². The van der Waals surface area contributed by atoms with Crippen molar-refractivity contribution in [3.63, 3.8) is 0 Å². The number of likely N-dealkylation sites (tertiary alicyclic amines) is 1. The molecule has 2 heterocycles. The van der Waals surface area contributed by atoms with E-state index in [1.807, 2.05) is 17.4 Å². The van der Waals surface area contributed by atoms with Gasteiger partial charge in [0.2, 0.25) is 0 Å². The van der Waals surface area contributed by atoms with Crippen LogP contribution in [0.1, 0.15) is 29.3 Å². The molecule has 0 aliphatic carbocycles. The molecular weight excluding hydrogens is 316 g/mol. The van der Waals surface area contributed by atoms with Crippen molar-refractivity contribution in [1.29, 1.82) is 0 Å². The zero-order valence-corrected chi connectivity index (χ0v) is 14.8. The van der Waals surface area contributed by atoms with E-state index in [4.69, 9.17) is 9.72 Å². The third-order valence-corrected chi connectivity index (χ3v) is 5.90. The summed E-state index contributed by atoms with van der Waals surface area (Å²) < 4.78 is 6.64. The predicted octanol–water partition coefficient (Wildman–Crippen LogP) is 4.68. The topological polar surface area (TPSA) is 25.4 Å². The lowest BCUT2D eigenvalue weighted by atomic mass is 9.98. The summed E-state index contributed by atoms with van der Waals surface area (Å²) in [6, 6.07) is 16.9. The minimum atomic E-state index is 0.557. The fraction of sp³-hybridized carbons (Fsp3) is 0.350. The van der Waals surface area contributed by atoms with E-state index >= 15 is 0 Å². The maximum atomic E-state index is 5.34. The standard InChI is InChI=1S/C20H22N2OS/c1-23-17-8-4-6-15(12-17)13-22-11-5-7-16(14-22)20-21-18-9-2-3-10-19(18)24-20/h2-4,6,8-10,12,16H,5,7,11,13-14H2,1H3/t16-/m0/s1. The molecule has 1 aromatic heterocycles. The molecule has 3 aromatic rings. The molecule has 1 aliphatic heterocycles. The van der Waals surface area contributed by atoms with Crippen LogP contribution in [-0.4, -0.2) is 30.1 Å². The van der Waals surface area contributed by atoms with E-state index in [1.165, 1.54) is 34.7 Å². The number of hydrogen-bond acceptors (Lipinski definition) is 4. The second kappa shape index (κ2) is 6.91. The molecule has 1 atom stereocenters. The lowest BCUT2D eigenvalue weighted by Gasteiger charge is -2.31. The molecule has 4 rings (SSSR count). The molecule has 1 aliphatic rings. The van der Waals surface area contributed by atoms with E-state index in [2.05, 4.69) is 47.4 Å². The molecule has 0 spiro atoms. The highest BCUT2D eigenvalue weighted by atomic mass is 32.1. The predicted molar refractivity (Wildman–Crippen MR) is 99.9 cm³/mol. The Morgan fingerprint density at radius 3 is 3.00 bits per heavy atom. The number of rotatable bonds is 4. The Morgan fingerprint density at radius 2 is 2.12 bits per heavy atom. The van der Waals surface area contributed by atoms with Gasteiger partial charge in [-0.15, -0.1) is 11.3 Å². The molecule has 0 unspecified atom stereocenters. The molecule has 0 N–H and O–H groups in total. The smallest absolute Gasteiger partial charge is 0.119 e. The summed E-state index contributed by atoms with van der Waals surface area (Å²) in [7, 11) is 1.73. The Hall–Kier alpha value is -1.91. The summed E-state index contributed by atoms with van der Waals surface area (Å²) in [4.78, 5) is 7.43. The number of hydrogen-bond donors (Lipinski definition) is 0. The van der Waals surface area contributed by atoms with Crippen molar-refractivity contribution in [2.45, 2.75) is 25.3 Å². The second-order valence-corrected chi connectivity index (χ2v) is 7.51. The van der Waals surface area contributed by atoms with Crippen molar-refractivity contribution in [2.75, 3.05) is 20.2 Å². The first-order valence-electron chi connectivity index (χ1n) is 8.52. The van der Waals surface area contributed by atoms with Crippen molar-refractivity contribution < 1.29 is 4.74 Å². The highest BCUT2D eigenvalue weighted by Crippen LogP contribution is 2.33. The van der Waals surface area contributed by atoms with Gasteiger partial charge < -0.3 is 4.74 Å². The largest absolute Gasteiger partial charge is 0.497 e. The van der Waals surface area contributed by atoms with Gasteiger partial charge in [-0.25, -0.2) is 4.98 Å². The van der Waals surface area contributed by atoms with Gasteiger partial charge in [0, 0.05) is 19.0 Å². The van der Waals surface area contributed by atoms with Gasteiger partial charge in [-0.05, 0) is 49.2 Å². The van der Waals surface area contributed by atoms with Crippen LogP contribution >= 0.6 is 11.3 Å². The van der Waals surface area contributed by atoms with Gasteiger partial charge >= 0.3 is 0 Å². The number of piperidine rings is 1. The second-order valence-electron chi connectivity index (χ2n) is 6.45. The third-order valence-electron chi connectivity index (χ3n) is 4.71. The lowest BCUT2D eigenvalue weighted by Crippen LogP contribution is -2.33. The SMILES string of the molecule is COc1cccc(CN2CCC[C@H](c3nc4ccccc4s3)C2)c1. The molecule has 0 bridgehead atoms. The van der Waals surface area contributed by atoms with E-state index in [9.17, 15) is 0 Å². The van der Waals surface area contributed by atoms with E-state index in [1.54, 1.807) is 7.11 Å². The monoisotopic (exact) mass is 338 g/mol. The zero-order chi connectivity index (χ0) is 16.4. The van der Waals surface area contributed by atoms with Crippen LogP contribution in [0.3, 0.4) is 0 Å². The van der Waals surface area contributed by atoms with Crippen LogP contribution < -0.4 is 4.74 Å². The van der Waals surface area contributed by atoms with Crippen molar-refractivity contribution in [3.8, 4) is 5.75 Å². The number of thiazole rings is 1. The Balaban J connectivity index is 1.48. The maximum absolute atomic E-state index is 5.34. The number of ether oxygens (including phenoxy) is 1. The fourth-order valence-electron chi connectivity index (χ4n) is 3.49. The van der Waals surface area contributed by atoms with Crippen LogP contribution in [0.2, 0.25) is 0 Å². The average molecular weight is 338 g/mol. The molecule has 0 amide bonds. The van der Waals surface area contributed by atoms with E-state index < -0.39 is 0 Å². The van der Waals surface area contributed by atoms with E-state index in [0.29, 0.717) is 5.92 Å². The van der Waals surface area contributed by atoms with Crippen LogP contribution in [0.4, 0.5) is 0 Å². The molecule has 2 aromatic carbocycles. The van der Waals surface area contributed by atoms with Gasteiger partial charge in [0.1, 0.15) is 5.75 Å². The molecule has 124 valence electrons.